The van der Waals surface area contributed by atoms with E-state index in [1.54, 1.807) is 42.9 Å². The standard InChI is InChI=1S/C21H25N5O3S/c1-25(18-8-12-26(13-9-18)21-22-10-3-11-23-21)14-17-15-29-20(24-17)16-4-6-19(7-5-16)30(2,27)28/h3-7,10-11,15,18H,8-9,12-14H2,1-2H3. The van der Waals surface area contributed by atoms with Crippen LogP contribution in [-0.2, 0) is 16.4 Å². The smallest absolute Gasteiger partial charge is 0.226 e. The molecule has 2 aromatic heterocycles. The summed E-state index contributed by atoms with van der Waals surface area (Å²) >= 11 is 0. The Morgan fingerprint density at radius 1 is 1.13 bits per heavy atom. The molecule has 4 rings (SSSR count). The number of nitrogens with zero attached hydrogens (tertiary/aromatic N) is 5. The van der Waals surface area contributed by atoms with Crippen LogP contribution in [0.1, 0.15) is 18.5 Å². The molecule has 1 aromatic carbocycles. The third-order valence-corrected chi connectivity index (χ3v) is 6.54. The fourth-order valence-electron chi connectivity index (χ4n) is 3.70. The second kappa shape index (κ2) is 8.53. The van der Waals surface area contributed by atoms with Gasteiger partial charge in [-0.1, -0.05) is 0 Å². The van der Waals surface area contributed by atoms with Gasteiger partial charge in [-0.05, 0) is 50.2 Å². The molecule has 3 heterocycles. The third-order valence-electron chi connectivity index (χ3n) is 5.42. The number of hydrogen-bond acceptors (Lipinski definition) is 8. The number of benzene rings is 1. The van der Waals surface area contributed by atoms with E-state index in [9.17, 15) is 8.42 Å². The Morgan fingerprint density at radius 3 is 2.43 bits per heavy atom. The first-order chi connectivity index (χ1) is 14.4. The van der Waals surface area contributed by atoms with Gasteiger partial charge in [0.05, 0.1) is 10.6 Å². The molecule has 30 heavy (non-hydrogen) atoms. The van der Waals surface area contributed by atoms with Crippen molar-refractivity contribution < 1.29 is 12.8 Å². The molecule has 0 unspecified atom stereocenters. The van der Waals surface area contributed by atoms with Crippen molar-refractivity contribution in [2.75, 3.05) is 31.3 Å². The lowest BCUT2D eigenvalue weighted by molar-refractivity contribution is 0.197. The molecular weight excluding hydrogens is 402 g/mol. The van der Waals surface area contributed by atoms with Crippen molar-refractivity contribution in [3.63, 3.8) is 0 Å². The Morgan fingerprint density at radius 2 is 1.80 bits per heavy atom. The maximum Gasteiger partial charge on any atom is 0.226 e. The SMILES string of the molecule is CN(Cc1coc(-c2ccc(S(C)(=O)=O)cc2)n1)C1CCN(c2ncccn2)CC1. The van der Waals surface area contributed by atoms with Gasteiger partial charge in [0.1, 0.15) is 6.26 Å². The van der Waals surface area contributed by atoms with Gasteiger partial charge in [-0.25, -0.2) is 23.4 Å². The maximum atomic E-state index is 11.6. The highest BCUT2D eigenvalue weighted by molar-refractivity contribution is 7.90. The van der Waals surface area contributed by atoms with Gasteiger partial charge in [0.25, 0.3) is 0 Å². The molecule has 0 spiro atoms. The van der Waals surface area contributed by atoms with Gasteiger partial charge in [-0.15, -0.1) is 0 Å². The minimum atomic E-state index is -3.22. The fraction of sp³-hybridized carbons (Fsp3) is 0.381. The van der Waals surface area contributed by atoms with E-state index in [2.05, 4.69) is 31.8 Å². The predicted molar refractivity (Wildman–Crippen MR) is 114 cm³/mol. The molecule has 0 N–H and O–H groups in total. The van der Waals surface area contributed by atoms with E-state index in [4.69, 9.17) is 4.42 Å². The highest BCUT2D eigenvalue weighted by atomic mass is 32.2. The highest BCUT2D eigenvalue weighted by Crippen LogP contribution is 2.23. The molecule has 0 radical (unpaired) electrons. The average molecular weight is 428 g/mol. The van der Waals surface area contributed by atoms with Crippen LogP contribution in [0.3, 0.4) is 0 Å². The lowest BCUT2D eigenvalue weighted by Crippen LogP contribution is -2.43. The summed E-state index contributed by atoms with van der Waals surface area (Å²) in [5, 5.41) is 0. The summed E-state index contributed by atoms with van der Waals surface area (Å²) in [5.74, 6) is 1.29. The Hall–Kier alpha value is -2.78. The minimum absolute atomic E-state index is 0.282. The molecule has 9 heteroatoms. The van der Waals surface area contributed by atoms with Crippen LogP contribution in [0.2, 0.25) is 0 Å². The van der Waals surface area contributed by atoms with Gasteiger partial charge in [0.2, 0.25) is 11.8 Å². The average Bonchev–Trinajstić information content (AvgIpc) is 3.22. The van der Waals surface area contributed by atoms with Crippen LogP contribution in [0.25, 0.3) is 11.5 Å². The zero-order valence-electron chi connectivity index (χ0n) is 17.1. The molecule has 3 aromatic rings. The van der Waals surface area contributed by atoms with Crippen molar-refractivity contribution in [3.05, 3.63) is 54.7 Å². The zero-order chi connectivity index (χ0) is 21.1. The van der Waals surface area contributed by atoms with Gasteiger partial charge in [-0.3, -0.25) is 4.90 Å². The number of oxazole rings is 1. The molecular formula is C21H25N5O3S. The Kier molecular flexibility index (Phi) is 5.83. The van der Waals surface area contributed by atoms with Crippen LogP contribution in [-0.4, -0.2) is 60.7 Å². The molecule has 1 fully saturated rings. The van der Waals surface area contributed by atoms with Gasteiger partial charge in [0.15, 0.2) is 9.84 Å². The monoisotopic (exact) mass is 427 g/mol. The van der Waals surface area contributed by atoms with Crippen molar-refractivity contribution in [2.45, 2.75) is 30.3 Å². The lowest BCUT2D eigenvalue weighted by Gasteiger charge is -2.36. The summed E-state index contributed by atoms with van der Waals surface area (Å²) < 4.78 is 28.8. The van der Waals surface area contributed by atoms with E-state index in [-0.39, 0.29) is 4.90 Å². The molecule has 0 amide bonds. The number of piperidine rings is 1. The summed E-state index contributed by atoms with van der Waals surface area (Å²) in [6, 6.07) is 8.87. The van der Waals surface area contributed by atoms with Gasteiger partial charge in [-0.2, -0.15) is 0 Å². The van der Waals surface area contributed by atoms with Crippen molar-refractivity contribution in [1.29, 1.82) is 0 Å². The van der Waals surface area contributed by atoms with Crippen LogP contribution in [0, 0.1) is 0 Å². The van der Waals surface area contributed by atoms with Gasteiger partial charge < -0.3 is 9.32 Å². The normalized spacial score (nSPS) is 15.6. The predicted octanol–water partition coefficient (Wildman–Crippen LogP) is 2.64. The Bertz CT molecular complexity index is 1080. The first kappa shape index (κ1) is 20.5. The number of hydrogen-bond donors (Lipinski definition) is 0. The third kappa shape index (κ3) is 4.68. The van der Waals surface area contributed by atoms with Crippen LogP contribution in [0.15, 0.2) is 58.3 Å². The molecule has 0 aliphatic carbocycles. The number of aromatic nitrogens is 3. The summed E-state index contributed by atoms with van der Waals surface area (Å²) in [6.07, 6.45) is 8.48. The molecule has 158 valence electrons. The number of anilines is 1. The first-order valence-corrected chi connectivity index (χ1v) is 11.8. The summed E-state index contributed by atoms with van der Waals surface area (Å²) in [7, 11) is -1.11. The van der Waals surface area contributed by atoms with Crippen LogP contribution in [0.4, 0.5) is 5.95 Å². The Balaban J connectivity index is 1.35. The van der Waals surface area contributed by atoms with Crippen molar-refractivity contribution in [1.82, 2.24) is 19.9 Å². The first-order valence-electron chi connectivity index (χ1n) is 9.87. The van der Waals surface area contributed by atoms with Crippen LogP contribution < -0.4 is 4.90 Å². The lowest BCUT2D eigenvalue weighted by atomic mass is 10.0. The molecule has 0 saturated carbocycles. The van der Waals surface area contributed by atoms with E-state index in [1.807, 2.05) is 6.07 Å². The van der Waals surface area contributed by atoms with E-state index in [1.165, 1.54) is 6.26 Å². The minimum Gasteiger partial charge on any atom is -0.444 e. The topological polar surface area (TPSA) is 92.4 Å². The molecule has 0 bridgehead atoms. The van der Waals surface area contributed by atoms with Gasteiger partial charge >= 0.3 is 0 Å². The fourth-order valence-corrected chi connectivity index (χ4v) is 4.33. The number of sulfone groups is 1. The van der Waals surface area contributed by atoms with Crippen molar-refractivity contribution in [2.24, 2.45) is 0 Å². The van der Waals surface area contributed by atoms with E-state index in [0.717, 1.165) is 43.1 Å². The maximum absolute atomic E-state index is 11.6. The summed E-state index contributed by atoms with van der Waals surface area (Å²) in [6.45, 7) is 2.54. The van der Waals surface area contributed by atoms with Gasteiger partial charge in [0, 0.05) is 49.9 Å². The molecule has 8 nitrogen and oxygen atoms in total. The largest absolute Gasteiger partial charge is 0.444 e. The van der Waals surface area contributed by atoms with Crippen molar-refractivity contribution in [3.8, 4) is 11.5 Å². The zero-order valence-corrected chi connectivity index (χ0v) is 17.9. The van der Waals surface area contributed by atoms with Crippen molar-refractivity contribution >= 4 is 15.8 Å². The van der Waals surface area contributed by atoms with E-state index < -0.39 is 9.84 Å². The summed E-state index contributed by atoms with van der Waals surface area (Å²) in [5.41, 5.74) is 1.61. The number of rotatable bonds is 6. The van der Waals surface area contributed by atoms with E-state index in [0.29, 0.717) is 18.5 Å². The molecule has 0 atom stereocenters. The molecule has 1 aliphatic heterocycles. The molecule has 1 saturated heterocycles. The quantitative estimate of drug-likeness (QED) is 0.593. The second-order valence-corrected chi connectivity index (χ2v) is 9.64. The van der Waals surface area contributed by atoms with Crippen LogP contribution in [0.5, 0.6) is 0 Å². The van der Waals surface area contributed by atoms with Crippen LogP contribution >= 0.6 is 0 Å². The Labute approximate surface area is 176 Å². The summed E-state index contributed by atoms with van der Waals surface area (Å²) in [4.78, 5) is 18.1. The van der Waals surface area contributed by atoms with E-state index >= 15 is 0 Å². The highest BCUT2D eigenvalue weighted by Gasteiger charge is 2.24. The molecule has 1 aliphatic rings. The second-order valence-electron chi connectivity index (χ2n) is 7.62.